The summed E-state index contributed by atoms with van der Waals surface area (Å²) in [5.41, 5.74) is 0.0389. The number of aromatic nitrogens is 1. The highest BCUT2D eigenvalue weighted by atomic mass is 32.2. The van der Waals surface area contributed by atoms with E-state index in [1.807, 2.05) is 0 Å². The van der Waals surface area contributed by atoms with Crippen LogP contribution in [0.4, 0.5) is 0 Å². The molecule has 1 aromatic heterocycles. The number of carbonyl (C=O) groups excluding carboxylic acids is 1. The van der Waals surface area contributed by atoms with E-state index in [2.05, 4.69) is 4.98 Å². The first kappa shape index (κ1) is 14.6. The number of aliphatic hydroxyl groups is 2. The standard InChI is InChI=1S/C11H13NO5S/c1-6(13)18-5-9(14)10(15)8-4-7(11(16)17)2-3-12-8/h2-4,9-10,14-15H,5H2,1H3,(H,16,17). The third-order valence-electron chi connectivity index (χ3n) is 2.15. The average molecular weight is 271 g/mol. The van der Waals surface area contributed by atoms with Crippen molar-refractivity contribution in [3.8, 4) is 0 Å². The van der Waals surface area contributed by atoms with Gasteiger partial charge in [0.05, 0.1) is 17.4 Å². The van der Waals surface area contributed by atoms with Gasteiger partial charge in [-0.05, 0) is 12.1 Å². The molecule has 18 heavy (non-hydrogen) atoms. The van der Waals surface area contributed by atoms with E-state index in [1.165, 1.54) is 25.3 Å². The van der Waals surface area contributed by atoms with Gasteiger partial charge in [-0.1, -0.05) is 11.8 Å². The second-order valence-electron chi connectivity index (χ2n) is 3.59. The molecule has 2 atom stereocenters. The molecule has 0 aliphatic heterocycles. The van der Waals surface area contributed by atoms with Gasteiger partial charge in [0, 0.05) is 18.9 Å². The summed E-state index contributed by atoms with van der Waals surface area (Å²) < 4.78 is 0. The van der Waals surface area contributed by atoms with Crippen molar-refractivity contribution in [2.45, 2.75) is 19.1 Å². The first-order valence-electron chi connectivity index (χ1n) is 5.10. The maximum absolute atomic E-state index is 10.7. The van der Waals surface area contributed by atoms with E-state index in [9.17, 15) is 19.8 Å². The second kappa shape index (κ2) is 6.48. The SMILES string of the molecule is CC(=O)SCC(O)C(O)c1cc(C(=O)O)ccn1. The zero-order valence-electron chi connectivity index (χ0n) is 9.61. The summed E-state index contributed by atoms with van der Waals surface area (Å²) in [5.74, 6) is -1.12. The predicted molar refractivity (Wildman–Crippen MR) is 65.3 cm³/mol. The van der Waals surface area contributed by atoms with E-state index in [4.69, 9.17) is 5.11 Å². The Kier molecular flexibility index (Phi) is 5.26. The first-order valence-corrected chi connectivity index (χ1v) is 6.09. The molecule has 0 radical (unpaired) electrons. The molecule has 1 rings (SSSR count). The summed E-state index contributed by atoms with van der Waals surface area (Å²) in [4.78, 5) is 25.3. The number of carboxylic acid groups (broad SMARTS) is 1. The highest BCUT2D eigenvalue weighted by molar-refractivity contribution is 8.13. The van der Waals surface area contributed by atoms with E-state index in [1.54, 1.807) is 0 Å². The third kappa shape index (κ3) is 4.10. The van der Waals surface area contributed by atoms with Gasteiger partial charge in [-0.15, -0.1) is 0 Å². The Morgan fingerprint density at radius 2 is 2.11 bits per heavy atom. The fraction of sp³-hybridized carbons (Fsp3) is 0.364. The van der Waals surface area contributed by atoms with Crippen molar-refractivity contribution in [1.29, 1.82) is 0 Å². The van der Waals surface area contributed by atoms with Gasteiger partial charge in [0.1, 0.15) is 6.10 Å². The Morgan fingerprint density at radius 1 is 1.44 bits per heavy atom. The maximum atomic E-state index is 10.7. The molecule has 6 nitrogen and oxygen atoms in total. The largest absolute Gasteiger partial charge is 0.478 e. The molecule has 7 heteroatoms. The number of aromatic carboxylic acids is 1. The van der Waals surface area contributed by atoms with Gasteiger partial charge in [0.2, 0.25) is 0 Å². The van der Waals surface area contributed by atoms with Crippen molar-refractivity contribution in [2.75, 3.05) is 5.75 Å². The van der Waals surface area contributed by atoms with Crippen LogP contribution >= 0.6 is 11.8 Å². The molecule has 2 unspecified atom stereocenters. The van der Waals surface area contributed by atoms with E-state index in [-0.39, 0.29) is 22.1 Å². The Morgan fingerprint density at radius 3 is 2.67 bits per heavy atom. The summed E-state index contributed by atoms with van der Waals surface area (Å²) >= 11 is 0.880. The van der Waals surface area contributed by atoms with Gasteiger partial charge in [0.25, 0.3) is 0 Å². The van der Waals surface area contributed by atoms with Crippen LogP contribution in [-0.2, 0) is 4.79 Å². The monoisotopic (exact) mass is 271 g/mol. The van der Waals surface area contributed by atoms with Gasteiger partial charge < -0.3 is 15.3 Å². The number of hydrogen-bond donors (Lipinski definition) is 3. The van der Waals surface area contributed by atoms with E-state index in [0.29, 0.717) is 0 Å². The summed E-state index contributed by atoms with van der Waals surface area (Å²) in [6.45, 7) is 1.35. The van der Waals surface area contributed by atoms with Gasteiger partial charge in [-0.3, -0.25) is 9.78 Å². The molecule has 3 N–H and O–H groups in total. The van der Waals surface area contributed by atoms with Crippen LogP contribution in [-0.4, -0.2) is 43.2 Å². The van der Waals surface area contributed by atoms with E-state index < -0.39 is 18.2 Å². The van der Waals surface area contributed by atoms with Crippen LogP contribution in [0.1, 0.15) is 29.1 Å². The predicted octanol–water partition coefficient (Wildman–Crippen LogP) is 0.454. The van der Waals surface area contributed by atoms with Crippen LogP contribution in [0, 0.1) is 0 Å². The number of carboxylic acids is 1. The fourth-order valence-electron chi connectivity index (χ4n) is 1.23. The molecule has 1 heterocycles. The molecule has 0 bridgehead atoms. The van der Waals surface area contributed by atoms with Crippen molar-refractivity contribution in [3.05, 3.63) is 29.6 Å². The lowest BCUT2D eigenvalue weighted by atomic mass is 10.1. The molecule has 0 aliphatic rings. The van der Waals surface area contributed by atoms with E-state index >= 15 is 0 Å². The van der Waals surface area contributed by atoms with Crippen molar-refractivity contribution in [3.63, 3.8) is 0 Å². The minimum absolute atomic E-state index is 0.0227. The summed E-state index contributed by atoms with van der Waals surface area (Å²) in [6.07, 6.45) is -1.26. The van der Waals surface area contributed by atoms with E-state index in [0.717, 1.165) is 11.8 Å². The lowest BCUT2D eigenvalue weighted by Crippen LogP contribution is -2.22. The Hall–Kier alpha value is -1.44. The lowest BCUT2D eigenvalue weighted by Gasteiger charge is -2.16. The van der Waals surface area contributed by atoms with Crippen LogP contribution in [0.2, 0.25) is 0 Å². The highest BCUT2D eigenvalue weighted by Gasteiger charge is 2.21. The van der Waals surface area contributed by atoms with Crippen molar-refractivity contribution in [2.24, 2.45) is 0 Å². The van der Waals surface area contributed by atoms with Crippen LogP contribution < -0.4 is 0 Å². The zero-order chi connectivity index (χ0) is 13.7. The zero-order valence-corrected chi connectivity index (χ0v) is 10.4. The molecule has 0 spiro atoms. The summed E-state index contributed by atoms with van der Waals surface area (Å²) in [7, 11) is 0. The van der Waals surface area contributed by atoms with Gasteiger partial charge in [-0.2, -0.15) is 0 Å². The lowest BCUT2D eigenvalue weighted by molar-refractivity contribution is -0.109. The molecule has 0 saturated heterocycles. The van der Waals surface area contributed by atoms with Crippen molar-refractivity contribution < 1.29 is 24.9 Å². The number of hydrogen-bond acceptors (Lipinski definition) is 6. The van der Waals surface area contributed by atoms with Crippen LogP contribution in [0.5, 0.6) is 0 Å². The Bertz CT molecular complexity index is 451. The normalized spacial score (nSPS) is 13.9. The van der Waals surface area contributed by atoms with Crippen LogP contribution in [0.15, 0.2) is 18.3 Å². The minimum atomic E-state index is -1.32. The number of rotatable bonds is 5. The van der Waals surface area contributed by atoms with Gasteiger partial charge in [0.15, 0.2) is 5.12 Å². The highest BCUT2D eigenvalue weighted by Crippen LogP contribution is 2.19. The number of thioether (sulfide) groups is 1. The van der Waals surface area contributed by atoms with Crippen molar-refractivity contribution >= 4 is 22.8 Å². The number of pyridine rings is 1. The minimum Gasteiger partial charge on any atom is -0.478 e. The third-order valence-corrected chi connectivity index (χ3v) is 3.07. The maximum Gasteiger partial charge on any atom is 0.335 e. The van der Waals surface area contributed by atoms with Gasteiger partial charge in [-0.25, -0.2) is 4.79 Å². The topological polar surface area (TPSA) is 108 Å². The molecule has 0 fully saturated rings. The number of aliphatic hydroxyl groups excluding tert-OH is 2. The molecule has 0 saturated carbocycles. The molecule has 0 aliphatic carbocycles. The fourth-order valence-corrected chi connectivity index (χ4v) is 1.82. The smallest absolute Gasteiger partial charge is 0.335 e. The molecule has 0 aromatic carbocycles. The van der Waals surface area contributed by atoms with Crippen LogP contribution in [0.3, 0.4) is 0 Å². The molecule has 1 aromatic rings. The summed E-state index contributed by atoms with van der Waals surface area (Å²) in [5, 5.41) is 28.0. The number of nitrogens with zero attached hydrogens (tertiary/aromatic N) is 1. The molecular formula is C11H13NO5S. The number of carbonyl (C=O) groups is 2. The second-order valence-corrected chi connectivity index (χ2v) is 4.79. The molecule has 0 amide bonds. The van der Waals surface area contributed by atoms with Crippen molar-refractivity contribution in [1.82, 2.24) is 4.98 Å². The van der Waals surface area contributed by atoms with Crippen LogP contribution in [0.25, 0.3) is 0 Å². The average Bonchev–Trinajstić information content (AvgIpc) is 2.35. The summed E-state index contributed by atoms with van der Waals surface area (Å²) in [6, 6.07) is 2.48. The Balaban J connectivity index is 2.76. The molecule has 98 valence electrons. The first-order chi connectivity index (χ1) is 8.41. The van der Waals surface area contributed by atoms with Gasteiger partial charge >= 0.3 is 5.97 Å². The quantitative estimate of drug-likeness (QED) is 0.713. The Labute approximate surface area is 108 Å². The molecular weight excluding hydrogens is 258 g/mol.